The molecule has 0 aliphatic carbocycles. The van der Waals surface area contributed by atoms with Crippen molar-refractivity contribution in [3.8, 4) is 6.01 Å². The minimum absolute atomic E-state index is 0.0948. The molecule has 2 aromatic heterocycles. The molecule has 0 aromatic carbocycles. The second kappa shape index (κ2) is 5.73. The van der Waals surface area contributed by atoms with Gasteiger partial charge in [-0.3, -0.25) is 0 Å². The molecule has 120 valence electrons. The first kappa shape index (κ1) is 14.3. The number of rotatable bonds is 3. The van der Waals surface area contributed by atoms with Crippen molar-refractivity contribution in [2.75, 3.05) is 24.6 Å². The van der Waals surface area contributed by atoms with Gasteiger partial charge in [0.2, 0.25) is 0 Å². The van der Waals surface area contributed by atoms with Crippen LogP contribution < -0.4 is 9.64 Å². The van der Waals surface area contributed by atoms with Crippen LogP contribution in [0.4, 0.5) is 5.82 Å². The van der Waals surface area contributed by atoms with Crippen LogP contribution in [0.5, 0.6) is 6.01 Å². The average Bonchev–Trinajstić information content (AvgIpc) is 2.55. The highest BCUT2D eigenvalue weighted by atomic mass is 16.5. The number of hydrogen-bond acceptors (Lipinski definition) is 7. The molecule has 1 unspecified atom stereocenters. The van der Waals surface area contributed by atoms with Gasteiger partial charge in [0.05, 0.1) is 25.4 Å². The molecule has 23 heavy (non-hydrogen) atoms. The summed E-state index contributed by atoms with van der Waals surface area (Å²) in [5.74, 6) is 0.902. The molecule has 0 radical (unpaired) electrons. The normalized spacial score (nSPS) is 22.7. The van der Waals surface area contributed by atoms with Gasteiger partial charge in [0.1, 0.15) is 11.7 Å². The van der Waals surface area contributed by atoms with Gasteiger partial charge in [-0.1, -0.05) is 0 Å². The molecule has 0 bridgehead atoms. The predicted molar refractivity (Wildman–Crippen MR) is 83.3 cm³/mol. The van der Waals surface area contributed by atoms with Gasteiger partial charge in [0.25, 0.3) is 0 Å². The summed E-state index contributed by atoms with van der Waals surface area (Å²) in [4.78, 5) is 10.5. The van der Waals surface area contributed by atoms with Crippen LogP contribution >= 0.6 is 0 Å². The Hall–Kier alpha value is -2.28. The smallest absolute Gasteiger partial charge is 0.316 e. The van der Waals surface area contributed by atoms with E-state index in [-0.39, 0.29) is 11.7 Å². The third kappa shape index (κ3) is 2.96. The first-order valence-corrected chi connectivity index (χ1v) is 7.85. The van der Waals surface area contributed by atoms with Gasteiger partial charge in [0.15, 0.2) is 5.82 Å². The van der Waals surface area contributed by atoms with Crippen LogP contribution in [-0.2, 0) is 4.74 Å². The SMILES string of the molecule is Cc1ccc(N2CC3(CC(Oc4ncccn4)CCO3)C2)nn1. The quantitative estimate of drug-likeness (QED) is 0.847. The van der Waals surface area contributed by atoms with Crippen LogP contribution in [-0.4, -0.2) is 51.6 Å². The second-order valence-electron chi connectivity index (χ2n) is 6.18. The molecule has 4 heterocycles. The standard InChI is InChI=1S/C16H19N5O2/c1-12-3-4-14(20-19-12)21-10-16(11-21)9-13(5-8-22-16)23-15-17-6-2-7-18-15/h2-4,6-7,13H,5,8-11H2,1H3. The van der Waals surface area contributed by atoms with Crippen molar-refractivity contribution in [1.29, 1.82) is 0 Å². The van der Waals surface area contributed by atoms with E-state index < -0.39 is 0 Å². The van der Waals surface area contributed by atoms with Gasteiger partial charge < -0.3 is 14.4 Å². The fourth-order valence-corrected chi connectivity index (χ4v) is 3.17. The van der Waals surface area contributed by atoms with Crippen molar-refractivity contribution < 1.29 is 9.47 Å². The van der Waals surface area contributed by atoms with E-state index in [2.05, 4.69) is 25.1 Å². The van der Waals surface area contributed by atoms with Crippen LogP contribution in [0.15, 0.2) is 30.6 Å². The molecule has 2 aliphatic rings. The maximum atomic E-state index is 6.03. The fraction of sp³-hybridized carbons (Fsp3) is 0.500. The minimum Gasteiger partial charge on any atom is -0.460 e. The number of anilines is 1. The molecule has 0 amide bonds. The number of nitrogens with zero attached hydrogens (tertiary/aromatic N) is 5. The minimum atomic E-state index is -0.149. The third-order valence-electron chi connectivity index (χ3n) is 4.33. The van der Waals surface area contributed by atoms with E-state index in [9.17, 15) is 0 Å². The highest BCUT2D eigenvalue weighted by Gasteiger charge is 2.49. The molecule has 2 aliphatic heterocycles. The van der Waals surface area contributed by atoms with E-state index >= 15 is 0 Å². The summed E-state index contributed by atoms with van der Waals surface area (Å²) < 4.78 is 11.9. The van der Waals surface area contributed by atoms with Crippen LogP contribution in [0, 0.1) is 6.92 Å². The Labute approximate surface area is 134 Å². The van der Waals surface area contributed by atoms with Gasteiger partial charge in [-0.2, -0.15) is 5.10 Å². The molecule has 7 heteroatoms. The summed E-state index contributed by atoms with van der Waals surface area (Å²) in [5.41, 5.74) is 0.777. The van der Waals surface area contributed by atoms with Crippen LogP contribution in [0.2, 0.25) is 0 Å². The van der Waals surface area contributed by atoms with Crippen molar-refractivity contribution in [3.05, 3.63) is 36.3 Å². The number of hydrogen-bond donors (Lipinski definition) is 0. The van der Waals surface area contributed by atoms with Crippen LogP contribution in [0.1, 0.15) is 18.5 Å². The average molecular weight is 313 g/mol. The lowest BCUT2D eigenvalue weighted by atomic mass is 9.84. The van der Waals surface area contributed by atoms with E-state index in [0.29, 0.717) is 12.6 Å². The molecule has 2 aromatic rings. The van der Waals surface area contributed by atoms with E-state index in [0.717, 1.165) is 37.4 Å². The highest BCUT2D eigenvalue weighted by molar-refractivity contribution is 5.43. The Morgan fingerprint density at radius 1 is 1.22 bits per heavy atom. The Morgan fingerprint density at radius 3 is 2.78 bits per heavy atom. The van der Waals surface area contributed by atoms with Gasteiger partial charge in [0, 0.05) is 25.2 Å². The third-order valence-corrected chi connectivity index (χ3v) is 4.33. The summed E-state index contributed by atoms with van der Waals surface area (Å²) in [7, 11) is 0. The van der Waals surface area contributed by atoms with Crippen LogP contribution in [0.3, 0.4) is 0 Å². The van der Waals surface area contributed by atoms with Gasteiger partial charge >= 0.3 is 6.01 Å². The predicted octanol–water partition coefficient (Wildman–Crippen LogP) is 1.39. The summed E-state index contributed by atoms with van der Waals surface area (Å²) in [6.45, 7) is 4.28. The zero-order valence-corrected chi connectivity index (χ0v) is 13.1. The lowest BCUT2D eigenvalue weighted by molar-refractivity contribution is -0.127. The van der Waals surface area contributed by atoms with E-state index in [1.54, 1.807) is 18.5 Å². The van der Waals surface area contributed by atoms with Crippen molar-refractivity contribution in [2.24, 2.45) is 0 Å². The summed E-state index contributed by atoms with van der Waals surface area (Å²) in [5, 5.41) is 8.35. The Bertz CT molecular complexity index is 658. The Morgan fingerprint density at radius 2 is 2.04 bits per heavy atom. The number of aryl methyl sites for hydroxylation is 1. The maximum absolute atomic E-state index is 6.03. The highest BCUT2D eigenvalue weighted by Crippen LogP contribution is 2.37. The number of aromatic nitrogens is 4. The monoisotopic (exact) mass is 313 g/mol. The fourth-order valence-electron chi connectivity index (χ4n) is 3.17. The molecule has 7 nitrogen and oxygen atoms in total. The van der Waals surface area contributed by atoms with Crippen LogP contribution in [0.25, 0.3) is 0 Å². The molecule has 1 atom stereocenters. The lowest BCUT2D eigenvalue weighted by Gasteiger charge is -2.53. The van der Waals surface area contributed by atoms with E-state index in [4.69, 9.17) is 9.47 Å². The summed E-state index contributed by atoms with van der Waals surface area (Å²) >= 11 is 0. The molecule has 0 N–H and O–H groups in total. The molecule has 2 saturated heterocycles. The molecule has 0 saturated carbocycles. The van der Waals surface area contributed by atoms with E-state index in [1.165, 1.54) is 0 Å². The molecule has 1 spiro atoms. The zero-order valence-electron chi connectivity index (χ0n) is 13.1. The number of ether oxygens (including phenoxy) is 2. The summed E-state index contributed by atoms with van der Waals surface area (Å²) in [6.07, 6.45) is 5.19. The van der Waals surface area contributed by atoms with Crippen molar-refractivity contribution in [1.82, 2.24) is 20.2 Å². The van der Waals surface area contributed by atoms with E-state index in [1.807, 2.05) is 19.1 Å². The van der Waals surface area contributed by atoms with Crippen molar-refractivity contribution in [2.45, 2.75) is 31.5 Å². The molecular formula is C16H19N5O2. The maximum Gasteiger partial charge on any atom is 0.316 e. The Balaban J connectivity index is 1.38. The lowest BCUT2D eigenvalue weighted by Crippen LogP contribution is -2.66. The second-order valence-corrected chi connectivity index (χ2v) is 6.18. The zero-order chi connectivity index (χ0) is 15.7. The Kier molecular flexibility index (Phi) is 3.57. The van der Waals surface area contributed by atoms with Gasteiger partial charge in [-0.05, 0) is 25.1 Å². The van der Waals surface area contributed by atoms with Gasteiger partial charge in [-0.25, -0.2) is 9.97 Å². The van der Waals surface area contributed by atoms with Crippen molar-refractivity contribution >= 4 is 5.82 Å². The largest absolute Gasteiger partial charge is 0.460 e. The van der Waals surface area contributed by atoms with Crippen molar-refractivity contribution in [3.63, 3.8) is 0 Å². The molecule has 4 rings (SSSR count). The first-order valence-electron chi connectivity index (χ1n) is 7.85. The van der Waals surface area contributed by atoms with Gasteiger partial charge in [-0.15, -0.1) is 5.10 Å². The first-order chi connectivity index (χ1) is 11.2. The summed E-state index contributed by atoms with van der Waals surface area (Å²) in [6, 6.07) is 6.21. The molecule has 2 fully saturated rings. The molecular weight excluding hydrogens is 294 g/mol. The topological polar surface area (TPSA) is 73.3 Å².